The minimum Gasteiger partial charge on any atom is -0.310 e. The summed E-state index contributed by atoms with van der Waals surface area (Å²) < 4.78 is 27.6. The predicted molar refractivity (Wildman–Crippen MR) is 75.5 cm³/mol. The zero-order valence-electron chi connectivity index (χ0n) is 11.8. The van der Waals surface area contributed by atoms with E-state index in [4.69, 9.17) is 0 Å². The summed E-state index contributed by atoms with van der Waals surface area (Å²) in [6.07, 6.45) is 5.92. The van der Waals surface area contributed by atoms with Crippen LogP contribution >= 0.6 is 0 Å². The Labute approximate surface area is 119 Å². The number of benzene rings is 1. The maximum absolute atomic E-state index is 13.8. The number of hydrogen-bond donors (Lipinski definition) is 1. The molecule has 3 rings (SSSR count). The number of hydrogen-bond acceptors (Lipinski definition) is 2. The van der Waals surface area contributed by atoms with Gasteiger partial charge in [-0.3, -0.25) is 4.90 Å². The molecule has 1 saturated carbocycles. The van der Waals surface area contributed by atoms with Gasteiger partial charge >= 0.3 is 0 Å². The van der Waals surface area contributed by atoms with Gasteiger partial charge in [-0.15, -0.1) is 0 Å². The summed E-state index contributed by atoms with van der Waals surface area (Å²) in [7, 11) is 0. The highest BCUT2D eigenvalue weighted by atomic mass is 19.1. The third kappa shape index (κ3) is 2.86. The molecule has 1 aromatic rings. The van der Waals surface area contributed by atoms with E-state index in [2.05, 4.69) is 10.2 Å². The first kappa shape index (κ1) is 14.0. The molecule has 2 nitrogen and oxygen atoms in total. The lowest BCUT2D eigenvalue weighted by atomic mass is 9.97. The molecule has 0 unspecified atom stereocenters. The second kappa shape index (κ2) is 5.78. The Morgan fingerprint density at radius 1 is 1.10 bits per heavy atom. The Morgan fingerprint density at radius 2 is 1.80 bits per heavy atom. The number of nitrogens with zero attached hydrogens (tertiary/aromatic N) is 1. The van der Waals surface area contributed by atoms with Crippen molar-refractivity contribution in [3.8, 4) is 0 Å². The minimum absolute atomic E-state index is 0.179. The zero-order valence-corrected chi connectivity index (χ0v) is 11.8. The van der Waals surface area contributed by atoms with E-state index < -0.39 is 11.6 Å². The van der Waals surface area contributed by atoms with E-state index in [1.807, 2.05) is 0 Å². The van der Waals surface area contributed by atoms with Gasteiger partial charge in [0, 0.05) is 24.2 Å². The molecule has 110 valence electrons. The van der Waals surface area contributed by atoms with Crippen LogP contribution in [0.15, 0.2) is 18.2 Å². The van der Waals surface area contributed by atoms with Gasteiger partial charge < -0.3 is 5.32 Å². The van der Waals surface area contributed by atoms with Crippen LogP contribution in [0.3, 0.4) is 0 Å². The van der Waals surface area contributed by atoms with E-state index in [9.17, 15) is 8.78 Å². The Morgan fingerprint density at radius 3 is 2.50 bits per heavy atom. The summed E-state index contributed by atoms with van der Waals surface area (Å²) in [5.74, 6) is -0.856. The lowest BCUT2D eigenvalue weighted by molar-refractivity contribution is 0.199. The quantitative estimate of drug-likeness (QED) is 0.895. The van der Waals surface area contributed by atoms with Crippen LogP contribution in [0.5, 0.6) is 0 Å². The Kier molecular flexibility index (Phi) is 4.03. The fraction of sp³-hybridized carbons (Fsp3) is 0.625. The highest BCUT2D eigenvalue weighted by Gasteiger charge is 2.36. The van der Waals surface area contributed by atoms with Crippen molar-refractivity contribution in [2.24, 2.45) is 0 Å². The Balaban J connectivity index is 1.75. The second-order valence-corrected chi connectivity index (χ2v) is 6.18. The molecule has 2 aliphatic rings. The van der Waals surface area contributed by atoms with Gasteiger partial charge in [0.1, 0.15) is 11.6 Å². The predicted octanol–water partition coefficient (Wildman–Crippen LogP) is 3.07. The van der Waals surface area contributed by atoms with Gasteiger partial charge in [0.2, 0.25) is 0 Å². The average Bonchev–Trinajstić information content (AvgIpc) is 2.77. The van der Waals surface area contributed by atoms with Crippen LogP contribution in [-0.4, -0.2) is 30.1 Å². The lowest BCUT2D eigenvalue weighted by Crippen LogP contribution is -2.49. The van der Waals surface area contributed by atoms with Gasteiger partial charge in [-0.2, -0.15) is 0 Å². The molecule has 1 heterocycles. The van der Waals surface area contributed by atoms with E-state index in [1.54, 1.807) is 0 Å². The minimum atomic E-state index is -0.428. The second-order valence-electron chi connectivity index (χ2n) is 6.18. The van der Waals surface area contributed by atoms with Crippen LogP contribution in [0.25, 0.3) is 0 Å². The smallest absolute Gasteiger partial charge is 0.130 e. The zero-order chi connectivity index (χ0) is 14.0. The van der Waals surface area contributed by atoms with E-state index in [1.165, 1.54) is 43.9 Å². The molecule has 4 heteroatoms. The highest BCUT2D eigenvalue weighted by molar-refractivity contribution is 5.19. The first-order chi connectivity index (χ1) is 9.69. The highest BCUT2D eigenvalue weighted by Crippen LogP contribution is 2.32. The molecule has 1 N–H and O–H groups in total. The molecule has 1 spiro atoms. The molecule has 2 fully saturated rings. The van der Waals surface area contributed by atoms with Crippen LogP contribution in [0, 0.1) is 11.6 Å². The summed E-state index contributed by atoms with van der Waals surface area (Å²) in [6.45, 7) is 3.20. The lowest BCUT2D eigenvalue weighted by Gasteiger charge is -2.33. The van der Waals surface area contributed by atoms with Gasteiger partial charge in [-0.25, -0.2) is 8.78 Å². The van der Waals surface area contributed by atoms with Crippen LogP contribution in [0.4, 0.5) is 8.78 Å². The van der Waals surface area contributed by atoms with Crippen LogP contribution in [0.1, 0.15) is 37.7 Å². The van der Waals surface area contributed by atoms with Gasteiger partial charge in [0.05, 0.1) is 0 Å². The summed E-state index contributed by atoms with van der Waals surface area (Å²) in [6, 6.07) is 4.12. The monoisotopic (exact) mass is 280 g/mol. The molecule has 1 aromatic carbocycles. The van der Waals surface area contributed by atoms with Crippen molar-refractivity contribution < 1.29 is 8.78 Å². The van der Waals surface area contributed by atoms with Crippen LogP contribution in [-0.2, 0) is 6.54 Å². The fourth-order valence-corrected chi connectivity index (χ4v) is 3.65. The molecule has 0 bridgehead atoms. The van der Waals surface area contributed by atoms with Gasteiger partial charge in [0.15, 0.2) is 0 Å². The molecule has 1 aliphatic heterocycles. The molecule has 0 amide bonds. The molecular weight excluding hydrogens is 258 g/mol. The van der Waals surface area contributed by atoms with Crippen molar-refractivity contribution >= 4 is 0 Å². The Hall–Kier alpha value is -1.00. The van der Waals surface area contributed by atoms with E-state index in [0.717, 1.165) is 26.1 Å². The summed E-state index contributed by atoms with van der Waals surface area (Å²) in [4.78, 5) is 2.22. The molecule has 1 aliphatic carbocycles. The van der Waals surface area contributed by atoms with Gasteiger partial charge in [0.25, 0.3) is 0 Å². The standard InChI is InChI=1S/C16H22F2N2/c17-14-5-3-6-15(18)13(14)11-20-10-4-9-19-16(12-20)7-1-2-8-16/h3,5-6,19H,1-2,4,7-12H2. The number of rotatable bonds is 2. The largest absolute Gasteiger partial charge is 0.310 e. The first-order valence-corrected chi connectivity index (χ1v) is 7.59. The van der Waals surface area contributed by atoms with Crippen LogP contribution in [0.2, 0.25) is 0 Å². The number of nitrogens with one attached hydrogen (secondary N) is 1. The third-order valence-corrected chi connectivity index (χ3v) is 4.68. The average molecular weight is 280 g/mol. The molecule has 0 radical (unpaired) electrons. The van der Waals surface area contributed by atoms with Gasteiger partial charge in [-0.1, -0.05) is 18.9 Å². The molecular formula is C16H22F2N2. The van der Waals surface area contributed by atoms with Crippen molar-refractivity contribution in [2.75, 3.05) is 19.6 Å². The van der Waals surface area contributed by atoms with Crippen molar-refractivity contribution in [1.29, 1.82) is 0 Å². The molecule has 1 saturated heterocycles. The van der Waals surface area contributed by atoms with E-state index >= 15 is 0 Å². The van der Waals surface area contributed by atoms with Crippen molar-refractivity contribution in [2.45, 2.75) is 44.2 Å². The topological polar surface area (TPSA) is 15.3 Å². The van der Waals surface area contributed by atoms with Crippen LogP contribution < -0.4 is 5.32 Å². The fourth-order valence-electron chi connectivity index (χ4n) is 3.65. The van der Waals surface area contributed by atoms with Crippen molar-refractivity contribution in [1.82, 2.24) is 10.2 Å². The van der Waals surface area contributed by atoms with E-state index in [0.29, 0.717) is 6.54 Å². The maximum atomic E-state index is 13.8. The molecule has 0 atom stereocenters. The molecule has 0 aromatic heterocycles. The van der Waals surface area contributed by atoms with Crippen molar-refractivity contribution in [3.05, 3.63) is 35.4 Å². The normalized spacial score (nSPS) is 23.1. The SMILES string of the molecule is Fc1cccc(F)c1CN1CCCNC2(CCCC2)C1. The van der Waals surface area contributed by atoms with E-state index in [-0.39, 0.29) is 11.1 Å². The molecule has 20 heavy (non-hydrogen) atoms. The number of halogens is 2. The van der Waals surface area contributed by atoms with Gasteiger partial charge in [-0.05, 0) is 44.5 Å². The first-order valence-electron chi connectivity index (χ1n) is 7.59. The Bertz CT molecular complexity index is 449. The van der Waals surface area contributed by atoms with Crippen molar-refractivity contribution in [3.63, 3.8) is 0 Å². The summed E-state index contributed by atoms with van der Waals surface area (Å²) >= 11 is 0. The third-order valence-electron chi connectivity index (χ3n) is 4.68. The maximum Gasteiger partial charge on any atom is 0.130 e. The summed E-state index contributed by atoms with van der Waals surface area (Å²) in [5.41, 5.74) is 0.389. The summed E-state index contributed by atoms with van der Waals surface area (Å²) in [5, 5.41) is 3.67.